The first kappa shape index (κ1) is 15.9. The highest BCUT2D eigenvalue weighted by molar-refractivity contribution is 7.20. The first-order valence-corrected chi connectivity index (χ1v) is 8.73. The van der Waals surface area contributed by atoms with Gasteiger partial charge >= 0.3 is 0 Å². The quantitative estimate of drug-likeness (QED) is 0.870. The van der Waals surface area contributed by atoms with Crippen LogP contribution in [0, 0.1) is 0 Å². The van der Waals surface area contributed by atoms with E-state index in [2.05, 4.69) is 10.2 Å². The third-order valence-corrected chi connectivity index (χ3v) is 5.30. The molecule has 7 heteroatoms. The van der Waals surface area contributed by atoms with Gasteiger partial charge in [0.25, 0.3) is 5.91 Å². The van der Waals surface area contributed by atoms with Crippen molar-refractivity contribution >= 4 is 40.4 Å². The lowest BCUT2D eigenvalue weighted by molar-refractivity contribution is 0.0934. The van der Waals surface area contributed by atoms with Gasteiger partial charge in [-0.2, -0.15) is 0 Å². The Labute approximate surface area is 143 Å². The van der Waals surface area contributed by atoms with Gasteiger partial charge in [-0.3, -0.25) is 9.69 Å². The zero-order valence-corrected chi connectivity index (χ0v) is 14.2. The monoisotopic (exact) mass is 358 g/mol. The maximum Gasteiger partial charge on any atom is 0.253 e. The molecule has 0 spiro atoms. The number of hydrogen-bond donors (Lipinski definition) is 1. The van der Waals surface area contributed by atoms with Crippen LogP contribution in [-0.2, 0) is 0 Å². The van der Waals surface area contributed by atoms with Crippen LogP contribution in [0.5, 0.6) is 0 Å². The molecule has 3 rings (SSSR count). The van der Waals surface area contributed by atoms with E-state index >= 15 is 0 Å². The summed E-state index contributed by atoms with van der Waals surface area (Å²) in [5.41, 5.74) is 0.427. The molecule has 2 aromatic rings. The number of halogens is 2. The van der Waals surface area contributed by atoms with E-state index in [1.807, 2.05) is 12.1 Å². The highest BCUT2D eigenvalue weighted by Gasteiger charge is 2.26. The summed E-state index contributed by atoms with van der Waals surface area (Å²) < 4.78 is 6.46. The summed E-state index contributed by atoms with van der Waals surface area (Å²) in [5.74, 6) is 0.667. The summed E-state index contributed by atoms with van der Waals surface area (Å²) in [7, 11) is 0. The van der Waals surface area contributed by atoms with E-state index in [4.69, 9.17) is 27.6 Å². The predicted molar refractivity (Wildman–Crippen MR) is 88.9 cm³/mol. The first-order valence-electron chi connectivity index (χ1n) is 7.15. The molecule has 0 radical (unpaired) electrons. The second kappa shape index (κ2) is 7.04. The molecule has 1 aliphatic heterocycles. The first-order chi connectivity index (χ1) is 10.6. The van der Waals surface area contributed by atoms with Crippen molar-refractivity contribution in [2.24, 2.45) is 0 Å². The van der Waals surface area contributed by atoms with Crippen molar-refractivity contribution < 1.29 is 9.21 Å². The smallest absolute Gasteiger partial charge is 0.253 e. The van der Waals surface area contributed by atoms with Gasteiger partial charge in [0, 0.05) is 6.54 Å². The Morgan fingerprint density at radius 2 is 2.18 bits per heavy atom. The largest absolute Gasteiger partial charge is 0.468 e. The van der Waals surface area contributed by atoms with Gasteiger partial charge in [-0.05, 0) is 44.1 Å². The van der Waals surface area contributed by atoms with Crippen LogP contribution in [0.4, 0.5) is 0 Å². The van der Waals surface area contributed by atoms with Gasteiger partial charge in [-0.25, -0.2) is 0 Å². The lowest BCUT2D eigenvalue weighted by Crippen LogP contribution is -2.36. The number of amides is 1. The van der Waals surface area contributed by atoms with Crippen LogP contribution in [0.2, 0.25) is 8.67 Å². The summed E-state index contributed by atoms with van der Waals surface area (Å²) in [6, 6.07) is 5.47. The van der Waals surface area contributed by atoms with Gasteiger partial charge < -0.3 is 9.73 Å². The fourth-order valence-electron chi connectivity index (χ4n) is 2.72. The standard InChI is InChI=1S/C15H16Cl2N2O2S/c16-13-8-10(14(17)22-13)15(20)18-9-11(12-4-3-7-21-12)19-5-1-2-6-19/h3-4,7-8,11H,1-2,5-6,9H2,(H,18,20). The lowest BCUT2D eigenvalue weighted by atomic mass is 10.2. The van der Waals surface area contributed by atoms with Crippen molar-refractivity contribution in [3.63, 3.8) is 0 Å². The second-order valence-electron chi connectivity index (χ2n) is 5.22. The van der Waals surface area contributed by atoms with E-state index < -0.39 is 0 Å². The van der Waals surface area contributed by atoms with Crippen molar-refractivity contribution in [2.75, 3.05) is 19.6 Å². The van der Waals surface area contributed by atoms with Gasteiger partial charge in [0.05, 0.1) is 22.2 Å². The Kier molecular flexibility index (Phi) is 5.08. The van der Waals surface area contributed by atoms with Crippen molar-refractivity contribution in [1.29, 1.82) is 0 Å². The minimum atomic E-state index is -0.205. The number of carbonyl (C=O) groups excluding carboxylic acids is 1. The predicted octanol–water partition coefficient (Wildman–Crippen LogP) is 4.21. The van der Waals surface area contributed by atoms with E-state index in [-0.39, 0.29) is 11.9 Å². The molecule has 0 aliphatic carbocycles. The van der Waals surface area contributed by atoms with Crippen LogP contribution < -0.4 is 5.32 Å². The maximum absolute atomic E-state index is 12.3. The van der Waals surface area contributed by atoms with Gasteiger partial charge in [0.1, 0.15) is 10.1 Å². The zero-order chi connectivity index (χ0) is 15.5. The normalized spacial score (nSPS) is 16.8. The third-order valence-electron chi connectivity index (χ3n) is 3.81. The lowest BCUT2D eigenvalue weighted by Gasteiger charge is -2.25. The molecular weight excluding hydrogens is 343 g/mol. The number of nitrogens with zero attached hydrogens (tertiary/aromatic N) is 1. The molecule has 1 unspecified atom stereocenters. The van der Waals surface area contributed by atoms with E-state index in [0.29, 0.717) is 20.8 Å². The number of carbonyl (C=O) groups is 1. The highest BCUT2D eigenvalue weighted by atomic mass is 35.5. The van der Waals surface area contributed by atoms with Crippen LogP contribution in [0.1, 0.15) is 35.0 Å². The topological polar surface area (TPSA) is 45.5 Å². The third kappa shape index (κ3) is 3.49. The molecule has 1 atom stereocenters. The van der Waals surface area contributed by atoms with Gasteiger partial charge in [0.2, 0.25) is 0 Å². The number of thiophene rings is 1. The molecule has 0 saturated carbocycles. The molecule has 22 heavy (non-hydrogen) atoms. The van der Waals surface area contributed by atoms with Crippen LogP contribution in [0.25, 0.3) is 0 Å². The second-order valence-corrected chi connectivity index (χ2v) is 7.51. The minimum absolute atomic E-state index is 0.0503. The van der Waals surface area contributed by atoms with Gasteiger partial charge in [-0.15, -0.1) is 11.3 Å². The van der Waals surface area contributed by atoms with E-state index in [1.165, 1.54) is 24.2 Å². The van der Waals surface area contributed by atoms with Crippen molar-refractivity contribution in [3.05, 3.63) is 44.5 Å². The number of hydrogen-bond acceptors (Lipinski definition) is 4. The van der Waals surface area contributed by atoms with Crippen LogP contribution >= 0.6 is 34.5 Å². The van der Waals surface area contributed by atoms with Crippen molar-refractivity contribution in [3.8, 4) is 0 Å². The summed E-state index contributed by atoms with van der Waals surface area (Å²) >= 11 is 13.1. The number of likely N-dealkylation sites (tertiary alicyclic amines) is 1. The molecule has 1 fully saturated rings. The van der Waals surface area contributed by atoms with Crippen LogP contribution in [0.3, 0.4) is 0 Å². The van der Waals surface area contributed by atoms with Gasteiger partial charge in [0.15, 0.2) is 0 Å². The average molecular weight is 359 g/mol. The van der Waals surface area contributed by atoms with E-state index in [0.717, 1.165) is 18.8 Å². The Balaban J connectivity index is 1.68. The van der Waals surface area contributed by atoms with Crippen molar-refractivity contribution in [2.45, 2.75) is 18.9 Å². The molecule has 1 amide bonds. The van der Waals surface area contributed by atoms with Crippen LogP contribution in [-0.4, -0.2) is 30.4 Å². The fraction of sp³-hybridized carbons (Fsp3) is 0.400. The zero-order valence-electron chi connectivity index (χ0n) is 11.9. The molecule has 3 heterocycles. The molecule has 1 N–H and O–H groups in total. The summed E-state index contributed by atoms with van der Waals surface area (Å²) in [4.78, 5) is 14.6. The van der Waals surface area contributed by atoms with Crippen LogP contribution in [0.15, 0.2) is 28.9 Å². The molecule has 0 aromatic carbocycles. The average Bonchev–Trinajstić information content (AvgIpc) is 3.21. The Morgan fingerprint density at radius 3 is 2.77 bits per heavy atom. The Morgan fingerprint density at radius 1 is 1.41 bits per heavy atom. The molecule has 2 aromatic heterocycles. The summed E-state index contributed by atoms with van der Waals surface area (Å²) in [6.07, 6.45) is 4.02. The van der Waals surface area contributed by atoms with Gasteiger partial charge in [-0.1, -0.05) is 23.2 Å². The molecule has 118 valence electrons. The Bertz CT molecular complexity index is 636. The Hall–Kier alpha value is -1.01. The number of nitrogens with one attached hydrogen (secondary N) is 1. The van der Waals surface area contributed by atoms with Crippen molar-refractivity contribution in [1.82, 2.24) is 10.2 Å². The molecule has 1 aliphatic rings. The summed E-state index contributed by atoms with van der Waals surface area (Å²) in [5, 5.41) is 2.94. The molecular formula is C15H16Cl2N2O2S. The number of rotatable bonds is 5. The molecule has 1 saturated heterocycles. The number of furan rings is 1. The summed E-state index contributed by atoms with van der Waals surface area (Å²) in [6.45, 7) is 2.52. The highest BCUT2D eigenvalue weighted by Crippen LogP contribution is 2.31. The fourth-order valence-corrected chi connectivity index (χ4v) is 4.18. The molecule has 4 nitrogen and oxygen atoms in total. The SMILES string of the molecule is O=C(NCC(c1ccco1)N1CCCC1)c1cc(Cl)sc1Cl. The van der Waals surface area contributed by atoms with E-state index in [1.54, 1.807) is 12.3 Å². The van der Waals surface area contributed by atoms with E-state index in [9.17, 15) is 4.79 Å². The maximum atomic E-state index is 12.3. The molecule has 0 bridgehead atoms. The minimum Gasteiger partial charge on any atom is -0.468 e.